The number of amides is 1. The summed E-state index contributed by atoms with van der Waals surface area (Å²) in [7, 11) is 0. The van der Waals surface area contributed by atoms with Gasteiger partial charge < -0.3 is 16.0 Å². The van der Waals surface area contributed by atoms with Crippen molar-refractivity contribution in [2.75, 3.05) is 26.2 Å². The Morgan fingerprint density at radius 1 is 1.39 bits per heavy atom. The minimum absolute atomic E-state index is 0.319. The molecule has 1 heterocycles. The van der Waals surface area contributed by atoms with Crippen LogP contribution in [-0.2, 0) is 4.79 Å². The first-order valence-electron chi connectivity index (χ1n) is 8.32. The van der Waals surface area contributed by atoms with Crippen LogP contribution >= 0.6 is 0 Å². The zero-order valence-electron chi connectivity index (χ0n) is 14.4. The van der Waals surface area contributed by atoms with E-state index in [9.17, 15) is 4.79 Å². The van der Waals surface area contributed by atoms with Gasteiger partial charge in [0.2, 0.25) is 5.91 Å². The molecule has 1 unspecified atom stereocenters. The number of aliphatic imine (C=N–C) groups is 1. The van der Waals surface area contributed by atoms with Crippen molar-refractivity contribution >= 4 is 11.9 Å². The summed E-state index contributed by atoms with van der Waals surface area (Å²) in [6.07, 6.45) is 1.12. The molecule has 1 amide bonds. The van der Waals surface area contributed by atoms with E-state index in [4.69, 9.17) is 5.73 Å². The van der Waals surface area contributed by atoms with E-state index in [1.807, 2.05) is 19.9 Å². The molecule has 0 radical (unpaired) electrons. The Morgan fingerprint density at radius 2 is 2.09 bits per heavy atom. The first-order chi connectivity index (χ1) is 10.9. The third-order valence-electron chi connectivity index (χ3n) is 4.38. The van der Waals surface area contributed by atoms with Gasteiger partial charge in [-0.25, -0.2) is 0 Å². The third-order valence-corrected chi connectivity index (χ3v) is 4.38. The Balaban J connectivity index is 2.06. The van der Waals surface area contributed by atoms with Crippen molar-refractivity contribution in [3.8, 4) is 0 Å². The minimum atomic E-state index is -0.626. The minimum Gasteiger partial charge on any atom is -0.369 e. The van der Waals surface area contributed by atoms with Crippen molar-refractivity contribution in [3.63, 3.8) is 0 Å². The molecule has 2 rings (SSSR count). The van der Waals surface area contributed by atoms with Crippen LogP contribution in [-0.4, -0.2) is 42.9 Å². The molecular weight excluding hydrogens is 288 g/mol. The summed E-state index contributed by atoms with van der Waals surface area (Å²) in [6.45, 7) is 8.85. The zero-order valence-corrected chi connectivity index (χ0v) is 14.4. The molecule has 1 aromatic carbocycles. The standard InChI is InChI=1S/C18H28N4O/c1-4-20-17(21-13-18(2,3)16(19)23)22-11-10-15(12-22)14-8-6-5-7-9-14/h5-9,15H,4,10-13H2,1-3H3,(H2,19,23)(H,20,21). The van der Waals surface area contributed by atoms with E-state index in [2.05, 4.69) is 46.4 Å². The fraction of sp³-hybridized carbons (Fsp3) is 0.556. The van der Waals surface area contributed by atoms with Crippen LogP contribution < -0.4 is 11.1 Å². The monoisotopic (exact) mass is 316 g/mol. The molecule has 1 aliphatic heterocycles. The number of guanidine groups is 1. The number of nitrogens with two attached hydrogens (primary N) is 1. The number of nitrogens with zero attached hydrogens (tertiary/aromatic N) is 2. The lowest BCUT2D eigenvalue weighted by molar-refractivity contribution is -0.125. The maximum Gasteiger partial charge on any atom is 0.224 e. The van der Waals surface area contributed by atoms with Crippen molar-refractivity contribution in [3.05, 3.63) is 35.9 Å². The van der Waals surface area contributed by atoms with Crippen molar-refractivity contribution in [2.45, 2.75) is 33.1 Å². The molecule has 0 aliphatic carbocycles. The van der Waals surface area contributed by atoms with Gasteiger partial charge in [-0.15, -0.1) is 0 Å². The van der Waals surface area contributed by atoms with Gasteiger partial charge in [-0.05, 0) is 32.8 Å². The van der Waals surface area contributed by atoms with E-state index in [0.29, 0.717) is 12.5 Å². The van der Waals surface area contributed by atoms with Gasteiger partial charge in [-0.2, -0.15) is 0 Å². The summed E-state index contributed by atoms with van der Waals surface area (Å²) in [5, 5.41) is 3.33. The van der Waals surface area contributed by atoms with Gasteiger partial charge in [0.25, 0.3) is 0 Å². The van der Waals surface area contributed by atoms with Crippen molar-refractivity contribution in [1.82, 2.24) is 10.2 Å². The smallest absolute Gasteiger partial charge is 0.224 e. The lowest BCUT2D eigenvalue weighted by Crippen LogP contribution is -2.42. The molecule has 126 valence electrons. The van der Waals surface area contributed by atoms with Crippen molar-refractivity contribution in [1.29, 1.82) is 0 Å². The predicted molar refractivity (Wildman–Crippen MR) is 94.3 cm³/mol. The van der Waals surface area contributed by atoms with E-state index in [1.165, 1.54) is 5.56 Å². The van der Waals surface area contributed by atoms with Gasteiger partial charge in [0.1, 0.15) is 0 Å². The number of likely N-dealkylation sites (tertiary alicyclic amines) is 1. The van der Waals surface area contributed by atoms with E-state index < -0.39 is 5.41 Å². The maximum atomic E-state index is 11.5. The van der Waals surface area contributed by atoms with Gasteiger partial charge in [0.05, 0.1) is 12.0 Å². The Labute approximate surface area is 139 Å². The fourth-order valence-electron chi connectivity index (χ4n) is 2.73. The molecule has 0 bridgehead atoms. The molecule has 1 fully saturated rings. The highest BCUT2D eigenvalue weighted by Crippen LogP contribution is 2.27. The Morgan fingerprint density at radius 3 is 2.70 bits per heavy atom. The summed E-state index contributed by atoms with van der Waals surface area (Å²) >= 11 is 0. The van der Waals surface area contributed by atoms with Crippen LogP contribution in [0.4, 0.5) is 0 Å². The molecule has 5 heteroatoms. The summed E-state index contributed by atoms with van der Waals surface area (Å²) in [6, 6.07) is 10.6. The van der Waals surface area contributed by atoms with E-state index in [-0.39, 0.29) is 5.91 Å². The molecule has 3 N–H and O–H groups in total. The molecule has 5 nitrogen and oxygen atoms in total. The van der Waals surface area contributed by atoms with Crippen molar-refractivity contribution < 1.29 is 4.79 Å². The Bertz CT molecular complexity index is 553. The van der Waals surface area contributed by atoms with Crippen molar-refractivity contribution in [2.24, 2.45) is 16.1 Å². The summed E-state index contributed by atoms with van der Waals surface area (Å²) < 4.78 is 0. The lowest BCUT2D eigenvalue weighted by Gasteiger charge is -2.24. The van der Waals surface area contributed by atoms with E-state index >= 15 is 0 Å². The lowest BCUT2D eigenvalue weighted by atomic mass is 9.93. The predicted octanol–water partition coefficient (Wildman–Crippen LogP) is 1.95. The number of hydrogen-bond donors (Lipinski definition) is 2. The largest absolute Gasteiger partial charge is 0.369 e. The Hall–Kier alpha value is -2.04. The highest BCUT2D eigenvalue weighted by atomic mass is 16.1. The Kier molecular flexibility index (Phi) is 5.64. The zero-order chi connectivity index (χ0) is 16.9. The molecule has 23 heavy (non-hydrogen) atoms. The number of carbonyl (C=O) groups is 1. The molecule has 1 atom stereocenters. The second-order valence-corrected chi connectivity index (χ2v) is 6.76. The SMILES string of the molecule is CCNC(=NCC(C)(C)C(N)=O)N1CCC(c2ccccc2)C1. The second-order valence-electron chi connectivity index (χ2n) is 6.76. The number of benzene rings is 1. The van der Waals surface area contributed by atoms with E-state index in [0.717, 1.165) is 32.0 Å². The van der Waals surface area contributed by atoms with Gasteiger partial charge in [-0.1, -0.05) is 30.3 Å². The topological polar surface area (TPSA) is 70.7 Å². The molecule has 0 spiro atoms. The first kappa shape index (κ1) is 17.3. The van der Waals surface area contributed by atoms with Crippen LogP contribution in [0.3, 0.4) is 0 Å². The number of hydrogen-bond acceptors (Lipinski definition) is 2. The molecule has 1 saturated heterocycles. The summed E-state index contributed by atoms with van der Waals surface area (Å²) in [5.74, 6) is 1.09. The van der Waals surface area contributed by atoms with Crippen LogP contribution in [0.2, 0.25) is 0 Å². The normalized spacial score (nSPS) is 19.0. The average molecular weight is 316 g/mol. The van der Waals surface area contributed by atoms with Gasteiger partial charge in [-0.3, -0.25) is 9.79 Å². The van der Waals surface area contributed by atoms with E-state index in [1.54, 1.807) is 0 Å². The molecule has 0 saturated carbocycles. The molecule has 1 aromatic rings. The molecule has 1 aliphatic rings. The summed E-state index contributed by atoms with van der Waals surface area (Å²) in [5.41, 5.74) is 6.19. The number of primary amides is 1. The van der Waals surface area contributed by atoms with Crippen LogP contribution in [0, 0.1) is 5.41 Å². The van der Waals surface area contributed by atoms with Crippen LogP contribution in [0.1, 0.15) is 38.7 Å². The van der Waals surface area contributed by atoms with Crippen LogP contribution in [0.25, 0.3) is 0 Å². The number of carbonyl (C=O) groups excluding carboxylic acids is 1. The summed E-state index contributed by atoms with van der Waals surface area (Å²) in [4.78, 5) is 18.4. The highest BCUT2D eigenvalue weighted by Gasteiger charge is 2.28. The number of rotatable bonds is 5. The third kappa shape index (κ3) is 4.47. The van der Waals surface area contributed by atoms with Gasteiger partial charge >= 0.3 is 0 Å². The van der Waals surface area contributed by atoms with Gasteiger partial charge in [0, 0.05) is 25.6 Å². The van der Waals surface area contributed by atoms with Crippen LogP contribution in [0.5, 0.6) is 0 Å². The maximum absolute atomic E-state index is 11.5. The average Bonchev–Trinajstić information content (AvgIpc) is 3.02. The molecular formula is C18H28N4O. The van der Waals surface area contributed by atoms with Gasteiger partial charge in [0.15, 0.2) is 5.96 Å². The van der Waals surface area contributed by atoms with Crippen LogP contribution in [0.15, 0.2) is 35.3 Å². The molecule has 0 aromatic heterocycles. The quantitative estimate of drug-likeness (QED) is 0.644. The number of nitrogens with one attached hydrogen (secondary N) is 1. The first-order valence-corrected chi connectivity index (χ1v) is 8.32. The highest BCUT2D eigenvalue weighted by molar-refractivity contribution is 5.83. The second kappa shape index (κ2) is 7.49. The fourth-order valence-corrected chi connectivity index (χ4v) is 2.73.